The fourth-order valence-electron chi connectivity index (χ4n) is 4.03. The van der Waals surface area contributed by atoms with Gasteiger partial charge in [0.15, 0.2) is 0 Å². The van der Waals surface area contributed by atoms with E-state index in [4.69, 9.17) is 16.3 Å². The molecule has 4 rings (SSSR count). The minimum Gasteiger partial charge on any atom is -0.492 e. The van der Waals surface area contributed by atoms with Crippen LogP contribution >= 0.6 is 11.6 Å². The molecule has 5 heteroatoms. The number of carbonyl (C=O) groups excluding carboxylic acids is 1. The minimum absolute atomic E-state index is 0.122. The van der Waals surface area contributed by atoms with E-state index in [1.54, 1.807) is 0 Å². The second kappa shape index (κ2) is 7.43. The molecule has 1 amide bonds. The Morgan fingerprint density at radius 3 is 2.67 bits per heavy atom. The second-order valence-corrected chi connectivity index (χ2v) is 7.93. The van der Waals surface area contributed by atoms with Crippen LogP contribution in [0.5, 0.6) is 5.75 Å². The highest BCUT2D eigenvalue weighted by molar-refractivity contribution is 6.30. The van der Waals surface area contributed by atoms with Gasteiger partial charge in [-0.05, 0) is 61.2 Å². The Morgan fingerprint density at radius 2 is 1.89 bits per heavy atom. The van der Waals surface area contributed by atoms with Crippen LogP contribution in [-0.4, -0.2) is 43.6 Å². The second-order valence-electron chi connectivity index (χ2n) is 7.50. The molecule has 142 valence electrons. The Balaban J connectivity index is 1.40. The van der Waals surface area contributed by atoms with Crippen LogP contribution in [0.15, 0.2) is 36.4 Å². The molecule has 0 aromatic heterocycles. The van der Waals surface area contributed by atoms with Crippen LogP contribution in [0.2, 0.25) is 5.02 Å². The van der Waals surface area contributed by atoms with Crippen LogP contribution in [0.4, 0.5) is 5.69 Å². The first-order chi connectivity index (χ1) is 13.0. The van der Waals surface area contributed by atoms with E-state index in [9.17, 15) is 4.79 Å². The fraction of sp³-hybridized carbons (Fsp3) is 0.409. The number of halogens is 1. The number of carbonyl (C=O) groups is 1. The summed E-state index contributed by atoms with van der Waals surface area (Å²) in [5.41, 5.74) is 4.95. The molecule has 1 fully saturated rings. The summed E-state index contributed by atoms with van der Waals surface area (Å²) in [7, 11) is 0. The van der Waals surface area contributed by atoms with Crippen molar-refractivity contribution >= 4 is 23.2 Å². The van der Waals surface area contributed by atoms with Gasteiger partial charge >= 0.3 is 0 Å². The summed E-state index contributed by atoms with van der Waals surface area (Å²) in [5.74, 6) is 0.924. The van der Waals surface area contributed by atoms with Gasteiger partial charge in [0, 0.05) is 36.9 Å². The molecule has 0 aliphatic carbocycles. The van der Waals surface area contributed by atoms with Gasteiger partial charge in [0.25, 0.3) is 0 Å². The number of ether oxygens (including phenoxy) is 1. The molecule has 1 saturated heterocycles. The highest BCUT2D eigenvalue weighted by atomic mass is 35.5. The normalized spacial score (nSPS) is 19.4. The van der Waals surface area contributed by atoms with E-state index in [-0.39, 0.29) is 11.8 Å². The lowest BCUT2D eigenvalue weighted by Crippen LogP contribution is -2.51. The summed E-state index contributed by atoms with van der Waals surface area (Å²) < 4.78 is 5.81. The largest absolute Gasteiger partial charge is 0.492 e. The molecule has 27 heavy (non-hydrogen) atoms. The number of rotatable bonds is 2. The molecule has 4 nitrogen and oxygen atoms in total. The Bertz CT molecular complexity index is 859. The summed E-state index contributed by atoms with van der Waals surface area (Å²) in [5, 5.41) is 0.688. The maximum atomic E-state index is 13.0. The molecule has 2 aliphatic rings. The molecular formula is C22H25ClN2O2. The van der Waals surface area contributed by atoms with Gasteiger partial charge in [-0.1, -0.05) is 23.7 Å². The number of anilines is 1. The van der Waals surface area contributed by atoms with Gasteiger partial charge < -0.3 is 14.5 Å². The molecule has 2 aromatic carbocycles. The first kappa shape index (κ1) is 18.2. The summed E-state index contributed by atoms with van der Waals surface area (Å²) in [6.07, 6.45) is 0.700. The third-order valence-electron chi connectivity index (χ3n) is 5.79. The molecule has 0 N–H and O–H groups in total. The van der Waals surface area contributed by atoms with Crippen molar-refractivity contribution in [3.8, 4) is 5.75 Å². The predicted octanol–water partition coefficient (Wildman–Crippen LogP) is 3.86. The predicted molar refractivity (Wildman–Crippen MR) is 109 cm³/mol. The number of fused-ring (bicyclic) bond motifs is 1. The van der Waals surface area contributed by atoms with Crippen LogP contribution in [0.3, 0.4) is 0 Å². The van der Waals surface area contributed by atoms with E-state index in [1.165, 1.54) is 16.8 Å². The third-order valence-corrected chi connectivity index (χ3v) is 6.02. The van der Waals surface area contributed by atoms with Crippen molar-refractivity contribution in [2.45, 2.75) is 20.3 Å². The number of piperazine rings is 1. The van der Waals surface area contributed by atoms with Gasteiger partial charge in [0.1, 0.15) is 12.4 Å². The van der Waals surface area contributed by atoms with Crippen LogP contribution in [0, 0.1) is 19.8 Å². The van der Waals surface area contributed by atoms with E-state index in [0.717, 1.165) is 37.5 Å². The highest BCUT2D eigenvalue weighted by Gasteiger charge is 2.31. The molecule has 0 spiro atoms. The minimum atomic E-state index is -0.122. The lowest BCUT2D eigenvalue weighted by Gasteiger charge is -2.39. The summed E-state index contributed by atoms with van der Waals surface area (Å²) in [6, 6.07) is 12.1. The molecule has 2 aliphatic heterocycles. The summed E-state index contributed by atoms with van der Waals surface area (Å²) >= 11 is 6.09. The molecule has 2 heterocycles. The van der Waals surface area contributed by atoms with Crippen molar-refractivity contribution in [2.75, 3.05) is 37.7 Å². The Kier molecular flexibility index (Phi) is 5.00. The SMILES string of the molecule is Cc1cccc(N2CCN(C(=O)[C@H]3COc4ccc(Cl)cc4C3)CC2)c1C. The van der Waals surface area contributed by atoms with Crippen LogP contribution < -0.4 is 9.64 Å². The van der Waals surface area contributed by atoms with E-state index < -0.39 is 0 Å². The van der Waals surface area contributed by atoms with Crippen molar-refractivity contribution in [3.05, 3.63) is 58.1 Å². The van der Waals surface area contributed by atoms with Crippen molar-refractivity contribution < 1.29 is 9.53 Å². The lowest BCUT2D eigenvalue weighted by molar-refractivity contribution is -0.137. The topological polar surface area (TPSA) is 32.8 Å². The number of hydrogen-bond acceptors (Lipinski definition) is 3. The van der Waals surface area contributed by atoms with Crippen molar-refractivity contribution in [1.29, 1.82) is 0 Å². The monoisotopic (exact) mass is 384 g/mol. The first-order valence-electron chi connectivity index (χ1n) is 9.54. The highest BCUT2D eigenvalue weighted by Crippen LogP contribution is 2.31. The zero-order valence-corrected chi connectivity index (χ0v) is 16.6. The molecule has 0 radical (unpaired) electrons. The van der Waals surface area contributed by atoms with E-state index in [0.29, 0.717) is 18.1 Å². The molecule has 0 bridgehead atoms. The van der Waals surface area contributed by atoms with E-state index >= 15 is 0 Å². The van der Waals surface area contributed by atoms with Gasteiger partial charge in [-0.3, -0.25) is 4.79 Å². The van der Waals surface area contributed by atoms with Gasteiger partial charge in [0.05, 0.1) is 5.92 Å². The number of nitrogens with zero attached hydrogens (tertiary/aromatic N) is 2. The van der Waals surface area contributed by atoms with E-state index in [2.05, 4.69) is 36.9 Å². The summed E-state index contributed by atoms with van der Waals surface area (Å²) in [4.78, 5) is 17.4. The average molecular weight is 385 g/mol. The smallest absolute Gasteiger partial charge is 0.229 e. The Hall–Kier alpha value is -2.20. The zero-order valence-electron chi connectivity index (χ0n) is 15.9. The lowest BCUT2D eigenvalue weighted by atomic mass is 9.95. The van der Waals surface area contributed by atoms with Crippen LogP contribution in [-0.2, 0) is 11.2 Å². The first-order valence-corrected chi connectivity index (χ1v) is 9.92. The third kappa shape index (κ3) is 3.63. The fourth-order valence-corrected chi connectivity index (χ4v) is 4.22. The van der Waals surface area contributed by atoms with Crippen LogP contribution in [0.1, 0.15) is 16.7 Å². The van der Waals surface area contributed by atoms with Crippen molar-refractivity contribution in [3.63, 3.8) is 0 Å². The summed E-state index contributed by atoms with van der Waals surface area (Å²) in [6.45, 7) is 8.01. The molecular weight excluding hydrogens is 360 g/mol. The van der Waals surface area contributed by atoms with Crippen LogP contribution in [0.25, 0.3) is 0 Å². The Morgan fingerprint density at radius 1 is 1.11 bits per heavy atom. The van der Waals surface area contributed by atoms with E-state index in [1.807, 2.05) is 23.1 Å². The van der Waals surface area contributed by atoms with Gasteiger partial charge in [-0.15, -0.1) is 0 Å². The maximum Gasteiger partial charge on any atom is 0.229 e. The van der Waals surface area contributed by atoms with Gasteiger partial charge in [-0.2, -0.15) is 0 Å². The van der Waals surface area contributed by atoms with Gasteiger partial charge in [-0.25, -0.2) is 0 Å². The quantitative estimate of drug-likeness (QED) is 0.788. The standard InChI is InChI=1S/C22H25ClN2O2/c1-15-4-3-5-20(16(15)2)24-8-10-25(11-9-24)22(26)18-12-17-13-19(23)6-7-21(17)27-14-18/h3-7,13,18H,8-12,14H2,1-2H3/t18-/m1/s1. The zero-order chi connectivity index (χ0) is 19.0. The number of aryl methyl sites for hydroxylation is 1. The number of hydrogen-bond donors (Lipinski definition) is 0. The molecule has 1 atom stereocenters. The average Bonchev–Trinajstić information content (AvgIpc) is 2.69. The number of amides is 1. The van der Waals surface area contributed by atoms with Crippen molar-refractivity contribution in [1.82, 2.24) is 4.90 Å². The molecule has 0 unspecified atom stereocenters. The Labute approximate surface area is 165 Å². The molecule has 0 saturated carbocycles. The maximum absolute atomic E-state index is 13.0. The molecule has 2 aromatic rings. The number of benzene rings is 2. The van der Waals surface area contributed by atoms with Crippen molar-refractivity contribution in [2.24, 2.45) is 5.92 Å². The van der Waals surface area contributed by atoms with Gasteiger partial charge in [0.2, 0.25) is 5.91 Å².